The summed E-state index contributed by atoms with van der Waals surface area (Å²) < 4.78 is 11.3. The fourth-order valence-electron chi connectivity index (χ4n) is 2.72. The van der Waals surface area contributed by atoms with E-state index in [2.05, 4.69) is 33.0 Å². The Morgan fingerprint density at radius 3 is 2.53 bits per heavy atom. The first kappa shape index (κ1) is 14.5. The molecule has 106 valence electrons. The van der Waals surface area contributed by atoms with Gasteiger partial charge in [0, 0.05) is 6.07 Å². The molecule has 0 amide bonds. The highest BCUT2D eigenvalue weighted by Crippen LogP contribution is 2.40. The van der Waals surface area contributed by atoms with Gasteiger partial charge in [-0.05, 0) is 46.2 Å². The first-order chi connectivity index (χ1) is 8.73. The Balaban J connectivity index is 2.22. The number of halogens is 1. The van der Waals surface area contributed by atoms with E-state index >= 15 is 0 Å². The van der Waals surface area contributed by atoms with Crippen LogP contribution < -0.4 is 10.1 Å². The summed E-state index contributed by atoms with van der Waals surface area (Å²) in [6.07, 6.45) is 0.938. The summed E-state index contributed by atoms with van der Waals surface area (Å²) in [5.74, 6) is 0.794. The molecule has 1 aromatic carbocycles. The molecule has 0 aliphatic carbocycles. The van der Waals surface area contributed by atoms with Gasteiger partial charge in [-0.1, -0.05) is 11.6 Å². The third kappa shape index (κ3) is 3.15. The lowest BCUT2D eigenvalue weighted by atomic mass is 9.94. The first-order valence-electron chi connectivity index (χ1n) is 6.54. The van der Waals surface area contributed by atoms with Crippen LogP contribution in [0.3, 0.4) is 0 Å². The number of ether oxygens (including phenoxy) is 2. The number of anilines is 1. The predicted molar refractivity (Wildman–Crippen MR) is 79.3 cm³/mol. The monoisotopic (exact) mass is 283 g/mol. The maximum atomic E-state index is 6.24. The highest BCUT2D eigenvalue weighted by molar-refractivity contribution is 6.33. The fraction of sp³-hybridized carbons (Fsp3) is 0.600. The molecule has 0 aromatic heterocycles. The Bertz CT molecular complexity index is 471. The molecule has 3 nitrogen and oxygen atoms in total. The number of rotatable bonds is 3. The van der Waals surface area contributed by atoms with Crippen molar-refractivity contribution in [1.29, 1.82) is 0 Å². The second kappa shape index (κ2) is 4.88. The van der Waals surface area contributed by atoms with Crippen LogP contribution in [0.4, 0.5) is 5.69 Å². The Kier molecular flexibility index (Phi) is 3.72. The molecular weight excluding hydrogens is 262 g/mol. The normalized spacial score (nSPS) is 24.2. The Hall–Kier alpha value is -0.930. The van der Waals surface area contributed by atoms with E-state index in [0.29, 0.717) is 5.02 Å². The van der Waals surface area contributed by atoms with Gasteiger partial charge < -0.3 is 14.8 Å². The van der Waals surface area contributed by atoms with Crippen LogP contribution in [0.15, 0.2) is 18.2 Å². The maximum absolute atomic E-state index is 6.24. The van der Waals surface area contributed by atoms with Crippen LogP contribution >= 0.6 is 11.6 Å². The number of benzene rings is 1. The largest absolute Gasteiger partial charge is 0.497 e. The second-order valence-electron chi connectivity index (χ2n) is 6.21. The molecule has 0 bridgehead atoms. The van der Waals surface area contributed by atoms with Crippen molar-refractivity contribution in [2.24, 2.45) is 0 Å². The topological polar surface area (TPSA) is 30.5 Å². The van der Waals surface area contributed by atoms with Crippen molar-refractivity contribution >= 4 is 17.3 Å². The lowest BCUT2D eigenvalue weighted by Crippen LogP contribution is -2.38. The molecule has 19 heavy (non-hydrogen) atoms. The molecule has 0 saturated carbocycles. The van der Waals surface area contributed by atoms with E-state index < -0.39 is 0 Å². The van der Waals surface area contributed by atoms with Crippen LogP contribution in [0.5, 0.6) is 5.75 Å². The van der Waals surface area contributed by atoms with Gasteiger partial charge in [-0.15, -0.1) is 0 Å². The van der Waals surface area contributed by atoms with Crippen LogP contribution in [0, 0.1) is 0 Å². The van der Waals surface area contributed by atoms with Gasteiger partial charge in [-0.2, -0.15) is 0 Å². The highest BCUT2D eigenvalue weighted by Gasteiger charge is 2.45. The zero-order chi connectivity index (χ0) is 14.3. The molecule has 1 heterocycles. The molecule has 4 heteroatoms. The molecule has 0 spiro atoms. The molecule has 1 saturated heterocycles. The van der Waals surface area contributed by atoms with Gasteiger partial charge >= 0.3 is 0 Å². The van der Waals surface area contributed by atoms with Crippen LogP contribution in [0.25, 0.3) is 0 Å². The van der Waals surface area contributed by atoms with Gasteiger partial charge in [0.15, 0.2) is 0 Å². The summed E-state index contributed by atoms with van der Waals surface area (Å²) >= 11 is 6.24. The predicted octanol–water partition coefficient (Wildman–Crippen LogP) is 4.11. The van der Waals surface area contributed by atoms with Crippen molar-refractivity contribution < 1.29 is 9.47 Å². The average Bonchev–Trinajstić information content (AvgIpc) is 2.49. The lowest BCUT2D eigenvalue weighted by molar-refractivity contribution is -0.0662. The van der Waals surface area contributed by atoms with E-state index in [1.54, 1.807) is 7.11 Å². The maximum Gasteiger partial charge on any atom is 0.121 e. The third-order valence-corrected chi connectivity index (χ3v) is 3.91. The summed E-state index contributed by atoms with van der Waals surface area (Å²) in [5, 5.41) is 4.19. The van der Waals surface area contributed by atoms with Crippen LogP contribution in [0.1, 0.15) is 34.1 Å². The molecule has 1 aliphatic heterocycles. The summed E-state index contributed by atoms with van der Waals surface area (Å²) in [7, 11) is 1.65. The summed E-state index contributed by atoms with van der Waals surface area (Å²) in [4.78, 5) is 0. The molecule has 2 rings (SSSR count). The van der Waals surface area contributed by atoms with E-state index in [1.807, 2.05) is 18.2 Å². The number of hydrogen-bond acceptors (Lipinski definition) is 3. The van der Waals surface area contributed by atoms with E-state index in [-0.39, 0.29) is 17.2 Å². The van der Waals surface area contributed by atoms with Crippen molar-refractivity contribution in [3.05, 3.63) is 23.2 Å². The van der Waals surface area contributed by atoms with E-state index in [4.69, 9.17) is 21.1 Å². The SMILES string of the molecule is COc1ccc(Cl)c(NC2CC(C)(C)OC2(C)C)c1. The summed E-state index contributed by atoms with van der Waals surface area (Å²) in [6, 6.07) is 5.83. The summed E-state index contributed by atoms with van der Waals surface area (Å²) in [6.45, 7) is 8.44. The van der Waals surface area contributed by atoms with Gasteiger partial charge in [0.1, 0.15) is 5.75 Å². The summed E-state index contributed by atoms with van der Waals surface area (Å²) in [5.41, 5.74) is 0.544. The van der Waals surface area contributed by atoms with Crippen molar-refractivity contribution in [3.8, 4) is 5.75 Å². The van der Waals surface area contributed by atoms with Crippen LogP contribution in [-0.4, -0.2) is 24.4 Å². The van der Waals surface area contributed by atoms with Crippen LogP contribution in [0.2, 0.25) is 5.02 Å². The zero-order valence-corrected chi connectivity index (χ0v) is 13.0. The van der Waals surface area contributed by atoms with Crippen molar-refractivity contribution in [2.45, 2.75) is 51.4 Å². The smallest absolute Gasteiger partial charge is 0.121 e. The van der Waals surface area contributed by atoms with Crippen molar-refractivity contribution in [2.75, 3.05) is 12.4 Å². The second-order valence-corrected chi connectivity index (χ2v) is 6.62. The van der Waals surface area contributed by atoms with E-state index in [9.17, 15) is 0 Å². The minimum atomic E-state index is -0.226. The molecule has 1 aromatic rings. The molecule has 0 radical (unpaired) electrons. The molecular formula is C15H22ClNO2. The molecule has 1 aliphatic rings. The number of nitrogens with one attached hydrogen (secondary N) is 1. The molecule has 1 fully saturated rings. The van der Waals surface area contributed by atoms with Gasteiger partial charge in [0.05, 0.1) is 35.1 Å². The van der Waals surface area contributed by atoms with Gasteiger partial charge in [0.2, 0.25) is 0 Å². The van der Waals surface area contributed by atoms with Gasteiger partial charge in [0.25, 0.3) is 0 Å². The zero-order valence-electron chi connectivity index (χ0n) is 12.2. The standard InChI is InChI=1S/C15H22ClNO2/c1-14(2)9-13(15(3,4)19-14)17-12-8-10(18-5)6-7-11(12)16/h6-8,13,17H,9H2,1-5H3. The van der Waals surface area contributed by atoms with Crippen LogP contribution in [-0.2, 0) is 4.74 Å². The third-order valence-electron chi connectivity index (χ3n) is 3.58. The minimum absolute atomic E-state index is 0.119. The average molecular weight is 284 g/mol. The van der Waals surface area contributed by atoms with E-state index in [1.165, 1.54) is 0 Å². The first-order valence-corrected chi connectivity index (χ1v) is 6.91. The number of hydrogen-bond donors (Lipinski definition) is 1. The van der Waals surface area contributed by atoms with Crippen molar-refractivity contribution in [3.63, 3.8) is 0 Å². The lowest BCUT2D eigenvalue weighted by Gasteiger charge is -2.28. The van der Waals surface area contributed by atoms with Crippen molar-refractivity contribution in [1.82, 2.24) is 0 Å². The Morgan fingerprint density at radius 2 is 2.00 bits per heavy atom. The molecule has 1 N–H and O–H groups in total. The fourth-order valence-corrected chi connectivity index (χ4v) is 2.89. The van der Waals surface area contributed by atoms with Gasteiger partial charge in [-0.3, -0.25) is 0 Å². The highest BCUT2D eigenvalue weighted by atomic mass is 35.5. The quantitative estimate of drug-likeness (QED) is 0.906. The molecule has 1 unspecified atom stereocenters. The molecule has 1 atom stereocenters. The Labute approximate surface area is 120 Å². The Morgan fingerprint density at radius 1 is 1.32 bits per heavy atom. The minimum Gasteiger partial charge on any atom is -0.497 e. The van der Waals surface area contributed by atoms with E-state index in [0.717, 1.165) is 17.9 Å². The van der Waals surface area contributed by atoms with Gasteiger partial charge in [-0.25, -0.2) is 0 Å². The number of methoxy groups -OCH3 is 1.